The fourth-order valence-corrected chi connectivity index (χ4v) is 2.22. The molecule has 7 heteroatoms. The molecular formula is C11H18N6O. The van der Waals surface area contributed by atoms with Gasteiger partial charge in [0.05, 0.1) is 17.8 Å². The first-order valence-electron chi connectivity index (χ1n) is 5.85. The summed E-state index contributed by atoms with van der Waals surface area (Å²) in [5.74, 6) is 6.62. The number of carbonyl (C=O) groups excluding carboxylic acids is 1. The number of nitrogens with one attached hydrogen (secondary N) is 2. The molecule has 1 aliphatic rings. The lowest BCUT2D eigenvalue weighted by atomic mass is 9.89. The van der Waals surface area contributed by atoms with Crippen molar-refractivity contribution in [1.82, 2.24) is 15.3 Å². The van der Waals surface area contributed by atoms with Crippen LogP contribution in [0.25, 0.3) is 0 Å². The highest BCUT2D eigenvalue weighted by molar-refractivity contribution is 5.83. The first-order valence-corrected chi connectivity index (χ1v) is 5.85. The van der Waals surface area contributed by atoms with Gasteiger partial charge in [0.2, 0.25) is 5.91 Å². The van der Waals surface area contributed by atoms with Crippen LogP contribution in [0.3, 0.4) is 0 Å². The van der Waals surface area contributed by atoms with Crippen molar-refractivity contribution in [3.8, 4) is 0 Å². The zero-order valence-electron chi connectivity index (χ0n) is 10.6. The number of anilines is 2. The maximum absolute atomic E-state index is 11.8. The van der Waals surface area contributed by atoms with E-state index in [0.717, 1.165) is 18.8 Å². The van der Waals surface area contributed by atoms with Crippen molar-refractivity contribution in [3.05, 3.63) is 12.4 Å². The molecule has 1 fully saturated rings. The van der Waals surface area contributed by atoms with E-state index in [1.807, 2.05) is 11.8 Å². The summed E-state index contributed by atoms with van der Waals surface area (Å²) in [6, 6.07) is 0. The molecule has 2 rings (SSSR count). The number of aromatic nitrogens is 2. The smallest absolute Gasteiger partial charge is 0.227 e. The van der Waals surface area contributed by atoms with Gasteiger partial charge in [-0.3, -0.25) is 9.78 Å². The van der Waals surface area contributed by atoms with Crippen LogP contribution >= 0.6 is 0 Å². The third-order valence-corrected chi connectivity index (χ3v) is 3.34. The van der Waals surface area contributed by atoms with Gasteiger partial charge in [0.15, 0.2) is 5.82 Å². The number of nitrogens with two attached hydrogens (primary N) is 1. The lowest BCUT2D eigenvalue weighted by Crippen LogP contribution is -2.39. The summed E-state index contributed by atoms with van der Waals surface area (Å²) >= 11 is 0. The minimum Gasteiger partial charge on any atom is -0.359 e. The highest BCUT2D eigenvalue weighted by Crippen LogP contribution is 2.32. The lowest BCUT2D eigenvalue weighted by Gasteiger charge is -2.23. The predicted molar refractivity (Wildman–Crippen MR) is 68.8 cm³/mol. The first-order chi connectivity index (χ1) is 8.59. The number of nitrogens with zero attached hydrogens (tertiary/aromatic N) is 3. The van der Waals surface area contributed by atoms with Crippen LogP contribution in [-0.4, -0.2) is 36.0 Å². The van der Waals surface area contributed by atoms with Gasteiger partial charge in [-0.1, -0.05) is 0 Å². The van der Waals surface area contributed by atoms with Crippen molar-refractivity contribution >= 4 is 17.5 Å². The second-order valence-corrected chi connectivity index (χ2v) is 4.72. The Kier molecular flexibility index (Phi) is 3.33. The monoisotopic (exact) mass is 250 g/mol. The molecule has 0 aromatic carbocycles. The fourth-order valence-electron chi connectivity index (χ4n) is 2.22. The third kappa shape index (κ3) is 2.21. The molecule has 1 saturated heterocycles. The van der Waals surface area contributed by atoms with Crippen LogP contribution < -0.4 is 21.5 Å². The molecular weight excluding hydrogens is 232 g/mol. The first kappa shape index (κ1) is 12.6. The Balaban J connectivity index is 2.15. The van der Waals surface area contributed by atoms with E-state index in [2.05, 4.69) is 20.7 Å². The van der Waals surface area contributed by atoms with Gasteiger partial charge >= 0.3 is 0 Å². The van der Waals surface area contributed by atoms with Gasteiger partial charge in [-0.25, -0.2) is 10.8 Å². The molecule has 18 heavy (non-hydrogen) atoms. The second-order valence-electron chi connectivity index (χ2n) is 4.72. The summed E-state index contributed by atoms with van der Waals surface area (Å²) in [5, 5.41) is 2.71. The standard InChI is InChI=1S/C11H18N6O/c1-11(10(18)13-2)3-4-17(7-11)9-6-14-5-8(15-9)16-12/h5-6H,3-4,7,12H2,1-2H3,(H,13,18)(H,15,16). The quantitative estimate of drug-likeness (QED) is 0.504. The maximum Gasteiger partial charge on any atom is 0.227 e. The molecule has 1 atom stereocenters. The van der Waals surface area contributed by atoms with E-state index in [9.17, 15) is 4.79 Å². The van der Waals surface area contributed by atoms with Crippen LogP contribution in [0.15, 0.2) is 12.4 Å². The average Bonchev–Trinajstić information content (AvgIpc) is 2.82. The number of carbonyl (C=O) groups is 1. The molecule has 1 aromatic heterocycles. The van der Waals surface area contributed by atoms with Crippen LogP contribution in [0.5, 0.6) is 0 Å². The van der Waals surface area contributed by atoms with Gasteiger partial charge in [-0.05, 0) is 13.3 Å². The Morgan fingerprint density at radius 1 is 1.56 bits per heavy atom. The van der Waals surface area contributed by atoms with E-state index in [-0.39, 0.29) is 11.3 Å². The van der Waals surface area contributed by atoms with Gasteiger partial charge in [0.25, 0.3) is 0 Å². The molecule has 0 radical (unpaired) electrons. The van der Waals surface area contributed by atoms with Gasteiger partial charge in [-0.2, -0.15) is 0 Å². The highest BCUT2D eigenvalue weighted by Gasteiger charge is 2.40. The van der Waals surface area contributed by atoms with Gasteiger partial charge in [-0.15, -0.1) is 0 Å². The Morgan fingerprint density at radius 3 is 3.00 bits per heavy atom. The van der Waals surface area contributed by atoms with Crippen LogP contribution in [-0.2, 0) is 4.79 Å². The van der Waals surface area contributed by atoms with Crippen molar-refractivity contribution < 1.29 is 4.79 Å². The van der Waals surface area contributed by atoms with Crippen molar-refractivity contribution in [3.63, 3.8) is 0 Å². The minimum atomic E-state index is -0.372. The van der Waals surface area contributed by atoms with Gasteiger partial charge in [0.1, 0.15) is 5.82 Å². The lowest BCUT2D eigenvalue weighted by molar-refractivity contribution is -0.128. The summed E-state index contributed by atoms with van der Waals surface area (Å²) in [6.45, 7) is 3.38. The Bertz CT molecular complexity index is 451. The van der Waals surface area contributed by atoms with Crippen molar-refractivity contribution in [2.45, 2.75) is 13.3 Å². The molecule has 0 spiro atoms. The Labute approximate surface area is 106 Å². The van der Waals surface area contributed by atoms with E-state index in [4.69, 9.17) is 5.84 Å². The van der Waals surface area contributed by atoms with Crippen LogP contribution in [0, 0.1) is 5.41 Å². The molecule has 7 nitrogen and oxygen atoms in total. The largest absolute Gasteiger partial charge is 0.359 e. The molecule has 98 valence electrons. The summed E-state index contributed by atoms with van der Waals surface area (Å²) in [6.07, 6.45) is 4.03. The summed E-state index contributed by atoms with van der Waals surface area (Å²) in [7, 11) is 1.66. The number of hydrogen-bond donors (Lipinski definition) is 3. The van der Waals surface area contributed by atoms with E-state index in [1.165, 1.54) is 0 Å². The van der Waals surface area contributed by atoms with Crippen molar-refractivity contribution in [2.24, 2.45) is 11.3 Å². The van der Waals surface area contributed by atoms with Crippen LogP contribution in [0.2, 0.25) is 0 Å². The zero-order valence-corrected chi connectivity index (χ0v) is 10.6. The van der Waals surface area contributed by atoms with Crippen LogP contribution in [0.4, 0.5) is 11.6 Å². The molecule has 0 saturated carbocycles. The fraction of sp³-hybridized carbons (Fsp3) is 0.545. The van der Waals surface area contributed by atoms with Crippen molar-refractivity contribution in [1.29, 1.82) is 0 Å². The topological polar surface area (TPSA) is 96.2 Å². The highest BCUT2D eigenvalue weighted by atomic mass is 16.2. The summed E-state index contributed by atoms with van der Waals surface area (Å²) < 4.78 is 0. The van der Waals surface area contributed by atoms with Crippen molar-refractivity contribution in [2.75, 3.05) is 30.5 Å². The summed E-state index contributed by atoms with van der Waals surface area (Å²) in [4.78, 5) is 22.3. The predicted octanol–water partition coefficient (Wildman–Crippen LogP) is -0.275. The average molecular weight is 250 g/mol. The van der Waals surface area contributed by atoms with E-state index < -0.39 is 0 Å². The Morgan fingerprint density at radius 2 is 2.33 bits per heavy atom. The van der Waals surface area contributed by atoms with E-state index >= 15 is 0 Å². The SMILES string of the molecule is CNC(=O)C1(C)CCN(c2cncc(NN)n2)C1. The number of nitrogen functional groups attached to an aromatic ring is 1. The van der Waals surface area contributed by atoms with Gasteiger partial charge < -0.3 is 15.6 Å². The number of hydrogen-bond acceptors (Lipinski definition) is 6. The van der Waals surface area contributed by atoms with Crippen LogP contribution in [0.1, 0.15) is 13.3 Å². The normalized spacial score (nSPS) is 22.9. The second kappa shape index (κ2) is 4.77. The molecule has 1 aromatic rings. The molecule has 0 bridgehead atoms. The summed E-state index contributed by atoms with van der Waals surface area (Å²) in [5.41, 5.74) is 2.09. The molecule has 1 aliphatic heterocycles. The van der Waals surface area contributed by atoms with E-state index in [0.29, 0.717) is 12.4 Å². The molecule has 1 amide bonds. The Hall–Kier alpha value is -1.89. The third-order valence-electron chi connectivity index (χ3n) is 3.34. The molecule has 1 unspecified atom stereocenters. The molecule has 2 heterocycles. The van der Waals surface area contributed by atoms with E-state index in [1.54, 1.807) is 19.4 Å². The zero-order chi connectivity index (χ0) is 13.2. The van der Waals surface area contributed by atoms with Gasteiger partial charge in [0, 0.05) is 20.1 Å². The minimum absolute atomic E-state index is 0.0612. The number of amides is 1. The molecule has 0 aliphatic carbocycles. The number of hydrazine groups is 1. The maximum atomic E-state index is 11.8. The molecule has 4 N–H and O–H groups in total. The number of rotatable bonds is 3.